The zero-order chi connectivity index (χ0) is 9.42. The summed E-state index contributed by atoms with van der Waals surface area (Å²) in [5.41, 5.74) is 3.20. The van der Waals surface area contributed by atoms with E-state index < -0.39 is 0 Å². The molecule has 0 radical (unpaired) electrons. The lowest BCUT2D eigenvalue weighted by Crippen LogP contribution is -2.12. The van der Waals surface area contributed by atoms with Crippen LogP contribution in [0.4, 0.5) is 5.69 Å². The van der Waals surface area contributed by atoms with Crippen LogP contribution in [-0.2, 0) is 6.42 Å². The third kappa shape index (κ3) is 1.22. The average molecular weight is 175 g/mol. The van der Waals surface area contributed by atoms with Crippen LogP contribution in [0.3, 0.4) is 0 Å². The molecule has 0 fully saturated rings. The van der Waals surface area contributed by atoms with Gasteiger partial charge >= 0.3 is 0 Å². The average Bonchev–Trinajstić information content (AvgIpc) is 2.48. The van der Waals surface area contributed by atoms with Gasteiger partial charge < -0.3 is 4.90 Å². The normalized spacial score (nSPS) is 14.5. The molecule has 13 heavy (non-hydrogen) atoms. The zero-order valence-electron chi connectivity index (χ0n) is 8.00. The number of fused-ring (bicyclic) bond motifs is 1. The molecule has 0 saturated carbocycles. The predicted octanol–water partition coefficient (Wildman–Crippen LogP) is 1.88. The molecule has 0 atom stereocenters. The van der Waals surface area contributed by atoms with Crippen molar-refractivity contribution in [2.24, 2.45) is 0 Å². The zero-order valence-corrected chi connectivity index (χ0v) is 8.00. The van der Waals surface area contributed by atoms with Gasteiger partial charge in [0.15, 0.2) is 5.78 Å². The highest BCUT2D eigenvalue weighted by molar-refractivity contribution is 6.05. The van der Waals surface area contributed by atoms with E-state index in [-0.39, 0.29) is 0 Å². The highest BCUT2D eigenvalue weighted by atomic mass is 16.1. The van der Waals surface area contributed by atoms with Crippen LogP contribution in [0.15, 0.2) is 18.2 Å². The fourth-order valence-electron chi connectivity index (χ4n) is 1.86. The number of anilines is 1. The van der Waals surface area contributed by atoms with Gasteiger partial charge in [0.2, 0.25) is 0 Å². The number of hydrogen-bond donors (Lipinski definition) is 0. The number of benzene rings is 1. The fourth-order valence-corrected chi connectivity index (χ4v) is 1.86. The molecule has 0 aromatic heterocycles. The van der Waals surface area contributed by atoms with Gasteiger partial charge in [-0.25, -0.2) is 0 Å². The minimum Gasteiger partial charge on any atom is -0.377 e. The van der Waals surface area contributed by atoms with Gasteiger partial charge in [-0.2, -0.15) is 0 Å². The van der Waals surface area contributed by atoms with E-state index in [4.69, 9.17) is 0 Å². The van der Waals surface area contributed by atoms with E-state index in [2.05, 4.69) is 0 Å². The molecule has 68 valence electrons. The molecule has 1 aromatic carbocycles. The van der Waals surface area contributed by atoms with Crippen LogP contribution in [-0.4, -0.2) is 19.9 Å². The third-order valence-corrected chi connectivity index (χ3v) is 2.51. The second-order valence-electron chi connectivity index (χ2n) is 3.63. The number of Topliss-reactive ketones (excluding diaryl/α,β-unsaturated/α-hetero) is 1. The maximum Gasteiger partial charge on any atom is 0.165 e. The lowest BCUT2D eigenvalue weighted by molar-refractivity contribution is 0.0995. The van der Waals surface area contributed by atoms with E-state index in [1.807, 2.05) is 37.2 Å². The summed E-state index contributed by atoms with van der Waals surface area (Å²) >= 11 is 0. The summed E-state index contributed by atoms with van der Waals surface area (Å²) < 4.78 is 0. The van der Waals surface area contributed by atoms with Crippen molar-refractivity contribution in [1.82, 2.24) is 0 Å². The monoisotopic (exact) mass is 175 g/mol. The van der Waals surface area contributed by atoms with Crippen LogP contribution in [0.5, 0.6) is 0 Å². The lowest BCUT2D eigenvalue weighted by Gasteiger charge is -2.15. The van der Waals surface area contributed by atoms with Crippen LogP contribution >= 0.6 is 0 Å². The maximum absolute atomic E-state index is 11.6. The summed E-state index contributed by atoms with van der Waals surface area (Å²) in [6, 6.07) is 6.07. The van der Waals surface area contributed by atoms with Gasteiger partial charge in [0, 0.05) is 31.8 Å². The van der Waals surface area contributed by atoms with Crippen LogP contribution in [0, 0.1) is 0 Å². The largest absolute Gasteiger partial charge is 0.377 e. The number of hydrogen-bond acceptors (Lipinski definition) is 2. The Balaban J connectivity index is 2.60. The van der Waals surface area contributed by atoms with Gasteiger partial charge in [0.05, 0.1) is 0 Å². The Morgan fingerprint density at radius 2 is 2.00 bits per heavy atom. The van der Waals surface area contributed by atoms with Crippen LogP contribution in [0.25, 0.3) is 0 Å². The summed E-state index contributed by atoms with van der Waals surface area (Å²) in [5.74, 6) is 0.291. The fraction of sp³-hybridized carbons (Fsp3) is 0.364. The Bertz CT molecular complexity index is 355. The summed E-state index contributed by atoms with van der Waals surface area (Å²) in [4.78, 5) is 13.6. The number of carbonyl (C=O) groups excluding carboxylic acids is 1. The molecule has 0 bridgehead atoms. The molecular formula is C11H13NO. The van der Waals surface area contributed by atoms with Crippen molar-refractivity contribution >= 4 is 11.5 Å². The topological polar surface area (TPSA) is 20.3 Å². The standard InChI is InChI=1S/C11H13NO/c1-12(2)9-5-3-4-8-6-7-10(13)11(8)9/h3-5H,6-7H2,1-2H3. The Kier molecular flexibility index (Phi) is 1.83. The van der Waals surface area contributed by atoms with Gasteiger partial charge in [-0.1, -0.05) is 12.1 Å². The number of aryl methyl sites for hydroxylation is 1. The van der Waals surface area contributed by atoms with E-state index in [1.165, 1.54) is 5.56 Å². The quantitative estimate of drug-likeness (QED) is 0.649. The van der Waals surface area contributed by atoms with Crippen molar-refractivity contribution < 1.29 is 4.79 Å². The van der Waals surface area contributed by atoms with Crippen molar-refractivity contribution in [3.8, 4) is 0 Å². The second-order valence-corrected chi connectivity index (χ2v) is 3.63. The SMILES string of the molecule is CN(C)c1cccc2c1C(=O)CC2. The molecule has 0 aliphatic heterocycles. The number of rotatable bonds is 1. The number of ketones is 1. The Hall–Kier alpha value is -1.31. The predicted molar refractivity (Wildman–Crippen MR) is 53.4 cm³/mol. The Morgan fingerprint density at radius 3 is 2.69 bits per heavy atom. The van der Waals surface area contributed by atoms with Crippen molar-refractivity contribution in [1.29, 1.82) is 0 Å². The van der Waals surface area contributed by atoms with E-state index in [0.717, 1.165) is 17.7 Å². The van der Waals surface area contributed by atoms with Crippen molar-refractivity contribution in [2.75, 3.05) is 19.0 Å². The summed E-state index contributed by atoms with van der Waals surface area (Å²) in [6.07, 6.45) is 1.59. The minimum absolute atomic E-state index is 0.291. The van der Waals surface area contributed by atoms with E-state index in [0.29, 0.717) is 12.2 Å². The van der Waals surface area contributed by atoms with Crippen molar-refractivity contribution in [3.63, 3.8) is 0 Å². The molecule has 0 heterocycles. The van der Waals surface area contributed by atoms with Crippen LogP contribution < -0.4 is 4.90 Å². The van der Waals surface area contributed by atoms with Gasteiger partial charge in [-0.15, -0.1) is 0 Å². The van der Waals surface area contributed by atoms with Gasteiger partial charge in [-0.05, 0) is 18.1 Å². The third-order valence-electron chi connectivity index (χ3n) is 2.51. The molecule has 0 amide bonds. The first-order valence-electron chi connectivity index (χ1n) is 4.52. The molecule has 2 rings (SSSR count). The summed E-state index contributed by atoms with van der Waals surface area (Å²) in [7, 11) is 3.95. The van der Waals surface area contributed by atoms with Gasteiger partial charge in [0.25, 0.3) is 0 Å². The van der Waals surface area contributed by atoms with E-state index >= 15 is 0 Å². The highest BCUT2D eigenvalue weighted by Gasteiger charge is 2.22. The molecule has 1 aromatic rings. The molecule has 1 aliphatic carbocycles. The lowest BCUT2D eigenvalue weighted by atomic mass is 10.1. The molecule has 0 N–H and O–H groups in total. The van der Waals surface area contributed by atoms with Crippen LogP contribution in [0.1, 0.15) is 22.3 Å². The van der Waals surface area contributed by atoms with Crippen LogP contribution in [0.2, 0.25) is 0 Å². The van der Waals surface area contributed by atoms with Gasteiger partial charge in [-0.3, -0.25) is 4.79 Å². The summed E-state index contributed by atoms with van der Waals surface area (Å²) in [5, 5.41) is 0. The molecule has 2 heteroatoms. The first kappa shape index (κ1) is 8.30. The van der Waals surface area contributed by atoms with E-state index in [9.17, 15) is 4.79 Å². The summed E-state index contributed by atoms with van der Waals surface area (Å²) in [6.45, 7) is 0. The number of nitrogens with zero attached hydrogens (tertiary/aromatic N) is 1. The van der Waals surface area contributed by atoms with Gasteiger partial charge in [0.1, 0.15) is 0 Å². The molecule has 0 spiro atoms. The number of carbonyl (C=O) groups is 1. The Morgan fingerprint density at radius 1 is 1.23 bits per heavy atom. The Labute approximate surface area is 78.2 Å². The van der Waals surface area contributed by atoms with E-state index in [1.54, 1.807) is 0 Å². The molecule has 1 aliphatic rings. The first-order valence-corrected chi connectivity index (χ1v) is 4.52. The van der Waals surface area contributed by atoms with Crippen molar-refractivity contribution in [3.05, 3.63) is 29.3 Å². The molecular weight excluding hydrogens is 162 g/mol. The second kappa shape index (κ2) is 2.87. The molecule has 0 unspecified atom stereocenters. The molecule has 2 nitrogen and oxygen atoms in total. The maximum atomic E-state index is 11.6. The smallest absolute Gasteiger partial charge is 0.165 e. The molecule has 0 saturated heterocycles. The van der Waals surface area contributed by atoms with Crippen molar-refractivity contribution in [2.45, 2.75) is 12.8 Å². The highest BCUT2D eigenvalue weighted by Crippen LogP contribution is 2.29. The minimum atomic E-state index is 0.291. The first-order chi connectivity index (χ1) is 6.20.